The second-order valence-corrected chi connectivity index (χ2v) is 6.30. The number of halogens is 3. The first-order valence-corrected chi connectivity index (χ1v) is 7.33. The number of carbonyl (C=O) groups excluding carboxylic acids is 1. The lowest BCUT2D eigenvalue weighted by atomic mass is 9.88. The number of alkyl halides is 3. The molecular weight excluding hydrogens is 279 g/mol. The molecule has 1 amide bonds. The van der Waals surface area contributed by atoms with Crippen LogP contribution >= 0.6 is 0 Å². The summed E-state index contributed by atoms with van der Waals surface area (Å²) in [6.07, 6.45) is -0.146. The molecule has 3 atom stereocenters. The molecule has 2 fully saturated rings. The number of hydrogen-bond donors (Lipinski definition) is 1. The van der Waals surface area contributed by atoms with E-state index in [0.717, 1.165) is 25.3 Å². The number of hydrogen-bond acceptors (Lipinski definition) is 1. The SMILES string of the molecule is Cc1ccc(NC(=O)C2CC3CCC2C3)cc1C(F)(F)F. The minimum atomic E-state index is -4.39. The third-order valence-corrected chi connectivity index (χ3v) is 4.89. The van der Waals surface area contributed by atoms with E-state index in [4.69, 9.17) is 0 Å². The van der Waals surface area contributed by atoms with E-state index in [2.05, 4.69) is 5.32 Å². The molecule has 1 aromatic rings. The Bertz CT molecular complexity index is 567. The Balaban J connectivity index is 1.75. The first-order valence-electron chi connectivity index (χ1n) is 7.33. The van der Waals surface area contributed by atoms with Gasteiger partial charge in [-0.25, -0.2) is 0 Å². The maximum Gasteiger partial charge on any atom is 0.416 e. The van der Waals surface area contributed by atoms with Crippen LogP contribution in [0, 0.1) is 24.7 Å². The van der Waals surface area contributed by atoms with Gasteiger partial charge in [0.15, 0.2) is 0 Å². The Morgan fingerprint density at radius 1 is 1.24 bits per heavy atom. The molecule has 21 heavy (non-hydrogen) atoms. The average Bonchev–Trinajstić information content (AvgIpc) is 3.02. The van der Waals surface area contributed by atoms with Crippen molar-refractivity contribution in [3.05, 3.63) is 29.3 Å². The minimum Gasteiger partial charge on any atom is -0.326 e. The van der Waals surface area contributed by atoms with Gasteiger partial charge in [0.2, 0.25) is 5.91 Å². The van der Waals surface area contributed by atoms with Crippen LogP contribution in [-0.2, 0) is 11.0 Å². The van der Waals surface area contributed by atoms with Crippen molar-refractivity contribution in [3.63, 3.8) is 0 Å². The maximum atomic E-state index is 12.9. The van der Waals surface area contributed by atoms with Crippen molar-refractivity contribution < 1.29 is 18.0 Å². The van der Waals surface area contributed by atoms with Gasteiger partial charge in [-0.2, -0.15) is 13.2 Å². The largest absolute Gasteiger partial charge is 0.416 e. The molecule has 0 radical (unpaired) electrons. The molecule has 2 aliphatic carbocycles. The van der Waals surface area contributed by atoms with Gasteiger partial charge in [0.05, 0.1) is 5.56 Å². The van der Waals surface area contributed by atoms with E-state index in [1.165, 1.54) is 25.5 Å². The lowest BCUT2D eigenvalue weighted by molar-refractivity contribution is -0.138. The van der Waals surface area contributed by atoms with Crippen LogP contribution in [0.4, 0.5) is 18.9 Å². The van der Waals surface area contributed by atoms with E-state index in [9.17, 15) is 18.0 Å². The predicted octanol–water partition coefficient (Wildman–Crippen LogP) is 4.39. The zero-order valence-electron chi connectivity index (χ0n) is 11.8. The highest BCUT2D eigenvalue weighted by molar-refractivity contribution is 5.93. The summed E-state index contributed by atoms with van der Waals surface area (Å²) in [7, 11) is 0. The highest BCUT2D eigenvalue weighted by Crippen LogP contribution is 2.48. The molecule has 3 unspecified atom stereocenters. The van der Waals surface area contributed by atoms with Gasteiger partial charge in [0, 0.05) is 11.6 Å². The Morgan fingerprint density at radius 2 is 2.00 bits per heavy atom. The molecule has 2 saturated carbocycles. The van der Waals surface area contributed by atoms with E-state index >= 15 is 0 Å². The van der Waals surface area contributed by atoms with Gasteiger partial charge in [0.1, 0.15) is 0 Å². The Kier molecular flexibility index (Phi) is 3.46. The van der Waals surface area contributed by atoms with Crippen LogP contribution in [-0.4, -0.2) is 5.91 Å². The fraction of sp³-hybridized carbons (Fsp3) is 0.562. The van der Waals surface area contributed by atoms with Gasteiger partial charge in [-0.15, -0.1) is 0 Å². The van der Waals surface area contributed by atoms with Crippen LogP contribution in [0.15, 0.2) is 18.2 Å². The molecule has 2 aliphatic rings. The van der Waals surface area contributed by atoms with Gasteiger partial charge in [-0.3, -0.25) is 4.79 Å². The zero-order valence-corrected chi connectivity index (χ0v) is 11.8. The second kappa shape index (κ2) is 5.04. The van der Waals surface area contributed by atoms with Crippen molar-refractivity contribution in [2.24, 2.45) is 17.8 Å². The summed E-state index contributed by atoms with van der Waals surface area (Å²) in [5.41, 5.74) is -0.283. The van der Waals surface area contributed by atoms with Crippen LogP contribution in [0.3, 0.4) is 0 Å². The van der Waals surface area contributed by atoms with Crippen LogP contribution in [0.25, 0.3) is 0 Å². The van der Waals surface area contributed by atoms with Gasteiger partial charge in [-0.05, 0) is 55.7 Å². The topological polar surface area (TPSA) is 29.1 Å². The Morgan fingerprint density at radius 3 is 2.57 bits per heavy atom. The van der Waals surface area contributed by atoms with Crippen molar-refractivity contribution in [1.82, 2.24) is 0 Å². The summed E-state index contributed by atoms with van der Waals surface area (Å²) < 4.78 is 38.6. The molecular formula is C16H18F3NO. The van der Waals surface area contributed by atoms with Crippen molar-refractivity contribution >= 4 is 11.6 Å². The lowest BCUT2D eigenvalue weighted by Gasteiger charge is -2.21. The molecule has 5 heteroatoms. The molecule has 114 valence electrons. The number of nitrogens with one attached hydrogen (secondary N) is 1. The van der Waals surface area contributed by atoms with E-state index < -0.39 is 11.7 Å². The standard InChI is InChI=1S/C16H18F3NO/c1-9-2-5-12(8-14(9)16(17,18)19)20-15(21)13-7-10-3-4-11(13)6-10/h2,5,8,10-11,13H,3-4,6-7H2,1H3,(H,20,21). The quantitative estimate of drug-likeness (QED) is 0.862. The maximum absolute atomic E-state index is 12.9. The summed E-state index contributed by atoms with van der Waals surface area (Å²) in [5, 5.41) is 2.67. The van der Waals surface area contributed by atoms with E-state index in [1.54, 1.807) is 0 Å². The number of benzene rings is 1. The van der Waals surface area contributed by atoms with Gasteiger partial charge < -0.3 is 5.32 Å². The summed E-state index contributed by atoms with van der Waals surface area (Å²) >= 11 is 0. The first kappa shape index (κ1) is 14.4. The second-order valence-electron chi connectivity index (χ2n) is 6.30. The van der Waals surface area contributed by atoms with E-state index in [-0.39, 0.29) is 23.1 Å². The minimum absolute atomic E-state index is 0.0283. The van der Waals surface area contributed by atoms with E-state index in [0.29, 0.717) is 11.8 Å². The van der Waals surface area contributed by atoms with E-state index in [1.807, 2.05) is 0 Å². The third kappa shape index (κ3) is 2.78. The van der Waals surface area contributed by atoms with Crippen LogP contribution in [0.5, 0.6) is 0 Å². The number of fused-ring (bicyclic) bond motifs is 2. The fourth-order valence-corrected chi connectivity index (χ4v) is 3.81. The van der Waals surface area contributed by atoms with Gasteiger partial charge in [-0.1, -0.05) is 12.5 Å². The summed E-state index contributed by atoms with van der Waals surface area (Å²) in [5.74, 6) is 0.899. The molecule has 2 bridgehead atoms. The molecule has 2 nitrogen and oxygen atoms in total. The molecule has 0 spiro atoms. The molecule has 0 saturated heterocycles. The summed E-state index contributed by atoms with van der Waals surface area (Å²) in [6, 6.07) is 3.97. The highest BCUT2D eigenvalue weighted by Gasteiger charge is 2.43. The number of carbonyl (C=O) groups is 1. The predicted molar refractivity (Wildman–Crippen MR) is 73.7 cm³/mol. The lowest BCUT2D eigenvalue weighted by Crippen LogP contribution is -2.27. The van der Waals surface area contributed by atoms with Crippen molar-refractivity contribution in [3.8, 4) is 0 Å². The van der Waals surface area contributed by atoms with Crippen LogP contribution in [0.2, 0.25) is 0 Å². The number of rotatable bonds is 2. The average molecular weight is 297 g/mol. The third-order valence-electron chi connectivity index (χ3n) is 4.89. The monoisotopic (exact) mass is 297 g/mol. The zero-order chi connectivity index (χ0) is 15.2. The number of anilines is 1. The first-order chi connectivity index (χ1) is 9.84. The van der Waals surface area contributed by atoms with Gasteiger partial charge >= 0.3 is 6.18 Å². The number of amides is 1. The molecule has 1 aromatic carbocycles. The van der Waals surface area contributed by atoms with Crippen molar-refractivity contribution in [2.75, 3.05) is 5.32 Å². The normalized spacial score (nSPS) is 27.9. The summed E-state index contributed by atoms with van der Waals surface area (Å²) in [4.78, 5) is 12.3. The molecule has 3 rings (SSSR count). The molecule has 0 aliphatic heterocycles. The molecule has 1 N–H and O–H groups in total. The molecule has 0 aromatic heterocycles. The smallest absolute Gasteiger partial charge is 0.326 e. The Labute approximate surface area is 121 Å². The van der Waals surface area contributed by atoms with Crippen LogP contribution in [0.1, 0.15) is 36.8 Å². The van der Waals surface area contributed by atoms with Crippen molar-refractivity contribution in [2.45, 2.75) is 38.8 Å². The Hall–Kier alpha value is -1.52. The van der Waals surface area contributed by atoms with Crippen LogP contribution < -0.4 is 5.32 Å². The van der Waals surface area contributed by atoms with Gasteiger partial charge in [0.25, 0.3) is 0 Å². The highest BCUT2D eigenvalue weighted by atomic mass is 19.4. The summed E-state index contributed by atoms with van der Waals surface area (Å²) in [6.45, 7) is 1.42. The number of aryl methyl sites for hydroxylation is 1. The fourth-order valence-electron chi connectivity index (χ4n) is 3.81. The molecule has 0 heterocycles. The van der Waals surface area contributed by atoms with Crippen molar-refractivity contribution in [1.29, 1.82) is 0 Å².